The van der Waals surface area contributed by atoms with E-state index in [1.165, 1.54) is 99.5 Å². The van der Waals surface area contributed by atoms with Gasteiger partial charge in [0.15, 0.2) is 0 Å². The fourth-order valence-corrected chi connectivity index (χ4v) is 10.0. The Morgan fingerprint density at radius 1 is 0.431 bits per heavy atom. The SMILES string of the molecule is C1=CC(n2c3ccccc3c3cc(-n4c5ccccc5c5ccc6c(c54)C4(c5ccccc5-c5ccccc54)c4ccccc4-6)ccc32)=CCC1. The van der Waals surface area contributed by atoms with Crippen molar-refractivity contribution in [3.63, 3.8) is 0 Å². The fourth-order valence-electron chi connectivity index (χ4n) is 10.0. The van der Waals surface area contributed by atoms with Crippen LogP contribution in [0.25, 0.3) is 77.2 Å². The monoisotopic (exact) mass is 648 g/mol. The summed E-state index contributed by atoms with van der Waals surface area (Å²) in [6.07, 6.45) is 9.14. The molecule has 7 aromatic carbocycles. The van der Waals surface area contributed by atoms with E-state index in [-0.39, 0.29) is 0 Å². The Bertz CT molecular complexity index is 2970. The Kier molecular flexibility index (Phi) is 5.31. The number of para-hydroxylation sites is 2. The molecule has 3 aliphatic carbocycles. The number of hydrogen-bond acceptors (Lipinski definition) is 0. The van der Waals surface area contributed by atoms with Crippen LogP contribution in [0, 0.1) is 0 Å². The van der Waals surface area contributed by atoms with Gasteiger partial charge < -0.3 is 9.13 Å². The number of nitrogens with zero attached hydrogens (tertiary/aromatic N) is 2. The van der Waals surface area contributed by atoms with E-state index in [0.29, 0.717) is 0 Å². The third kappa shape index (κ3) is 3.33. The lowest BCUT2D eigenvalue weighted by molar-refractivity contribution is 0.797. The standard InChI is InChI=1S/C49H32N2/c1-2-14-31(15-3-1)50-44-24-12-8-20-37(44)40-30-32(26-29-46(40)50)51-45-25-13-7-19-36(45)39-28-27-38-35-18-6-11-23-43(35)49(47(38)48(39)51)41-21-9-4-16-33(41)34-17-5-10-22-42(34)49/h2,4-30H,1,3H2. The maximum Gasteiger partial charge on any atom is 0.0746 e. The second-order valence-electron chi connectivity index (χ2n) is 14.3. The Balaban J connectivity index is 1.25. The molecule has 2 aromatic heterocycles. The number of rotatable bonds is 2. The van der Waals surface area contributed by atoms with Gasteiger partial charge in [-0.15, -0.1) is 0 Å². The minimum absolute atomic E-state index is 0.440. The van der Waals surface area contributed by atoms with E-state index >= 15 is 0 Å². The first-order valence-corrected chi connectivity index (χ1v) is 18.1. The highest BCUT2D eigenvalue weighted by atomic mass is 15.0. The van der Waals surface area contributed by atoms with Gasteiger partial charge >= 0.3 is 0 Å². The molecule has 2 heterocycles. The summed E-state index contributed by atoms with van der Waals surface area (Å²) in [7, 11) is 0. The van der Waals surface area contributed by atoms with Gasteiger partial charge in [-0.05, 0) is 88.2 Å². The minimum atomic E-state index is -0.440. The summed E-state index contributed by atoms with van der Waals surface area (Å²) in [6, 6.07) is 57.2. The number of allylic oxidation sites excluding steroid dienone is 4. The zero-order valence-corrected chi connectivity index (χ0v) is 28.0. The Morgan fingerprint density at radius 3 is 1.67 bits per heavy atom. The van der Waals surface area contributed by atoms with Crippen LogP contribution >= 0.6 is 0 Å². The van der Waals surface area contributed by atoms with Crippen molar-refractivity contribution in [2.45, 2.75) is 18.3 Å². The largest absolute Gasteiger partial charge is 0.310 e. The lowest BCUT2D eigenvalue weighted by Crippen LogP contribution is -2.26. The Hall–Kier alpha value is -6.38. The molecule has 0 saturated carbocycles. The molecule has 1 spiro atoms. The van der Waals surface area contributed by atoms with Crippen molar-refractivity contribution in [1.82, 2.24) is 9.13 Å². The summed E-state index contributed by atoms with van der Waals surface area (Å²) in [6.45, 7) is 0. The first kappa shape index (κ1) is 27.4. The third-order valence-electron chi connectivity index (χ3n) is 11.9. The van der Waals surface area contributed by atoms with Gasteiger partial charge in [0.1, 0.15) is 0 Å². The molecular weight excluding hydrogens is 617 g/mol. The molecule has 0 bridgehead atoms. The maximum absolute atomic E-state index is 2.58. The first-order chi connectivity index (χ1) is 25.3. The number of aromatic nitrogens is 2. The molecule has 0 amide bonds. The van der Waals surface area contributed by atoms with E-state index in [1.54, 1.807) is 0 Å². The highest BCUT2D eigenvalue weighted by Gasteiger charge is 2.53. The summed E-state index contributed by atoms with van der Waals surface area (Å²) in [4.78, 5) is 0. The second-order valence-corrected chi connectivity index (χ2v) is 14.3. The molecule has 9 aromatic rings. The van der Waals surface area contributed by atoms with Gasteiger partial charge in [0.25, 0.3) is 0 Å². The van der Waals surface area contributed by atoms with Gasteiger partial charge in [-0.1, -0.05) is 133 Å². The fraction of sp³-hybridized carbons (Fsp3) is 0.0612. The molecular formula is C49H32N2. The van der Waals surface area contributed by atoms with Crippen LogP contribution in [0.1, 0.15) is 35.1 Å². The van der Waals surface area contributed by atoms with Crippen LogP contribution in [0.3, 0.4) is 0 Å². The molecule has 3 aliphatic rings. The van der Waals surface area contributed by atoms with E-state index in [4.69, 9.17) is 0 Å². The summed E-state index contributed by atoms with van der Waals surface area (Å²) in [5, 5.41) is 5.12. The van der Waals surface area contributed by atoms with Crippen LogP contribution in [0.2, 0.25) is 0 Å². The lowest BCUT2D eigenvalue weighted by Gasteiger charge is -2.31. The summed E-state index contributed by atoms with van der Waals surface area (Å²) < 4.78 is 5.03. The van der Waals surface area contributed by atoms with Gasteiger partial charge in [0.05, 0.1) is 27.5 Å². The molecule has 0 N–H and O–H groups in total. The van der Waals surface area contributed by atoms with Gasteiger partial charge in [-0.25, -0.2) is 0 Å². The average Bonchev–Trinajstić information content (AvgIpc) is 3.90. The molecule has 238 valence electrons. The van der Waals surface area contributed by atoms with Crippen molar-refractivity contribution in [3.05, 3.63) is 192 Å². The van der Waals surface area contributed by atoms with Crippen LogP contribution in [-0.2, 0) is 5.41 Å². The van der Waals surface area contributed by atoms with Crippen molar-refractivity contribution in [3.8, 4) is 27.9 Å². The molecule has 0 unspecified atom stereocenters. The third-order valence-corrected chi connectivity index (χ3v) is 11.9. The van der Waals surface area contributed by atoms with Crippen molar-refractivity contribution < 1.29 is 0 Å². The molecule has 51 heavy (non-hydrogen) atoms. The average molecular weight is 649 g/mol. The van der Waals surface area contributed by atoms with Crippen LogP contribution in [0.4, 0.5) is 0 Å². The Labute approximate surface area is 295 Å². The summed E-state index contributed by atoms with van der Waals surface area (Å²) >= 11 is 0. The predicted octanol–water partition coefficient (Wildman–Crippen LogP) is 12.4. The van der Waals surface area contributed by atoms with Crippen molar-refractivity contribution in [2.24, 2.45) is 0 Å². The molecule has 12 rings (SSSR count). The summed E-state index contributed by atoms with van der Waals surface area (Å²) in [5.41, 5.74) is 17.8. The van der Waals surface area contributed by atoms with Crippen LogP contribution in [0.5, 0.6) is 0 Å². The van der Waals surface area contributed by atoms with E-state index < -0.39 is 5.41 Å². The molecule has 2 heteroatoms. The van der Waals surface area contributed by atoms with Crippen molar-refractivity contribution >= 4 is 49.3 Å². The van der Waals surface area contributed by atoms with Gasteiger partial charge in [-0.3, -0.25) is 0 Å². The zero-order valence-electron chi connectivity index (χ0n) is 28.0. The van der Waals surface area contributed by atoms with Crippen LogP contribution in [-0.4, -0.2) is 9.13 Å². The van der Waals surface area contributed by atoms with Gasteiger partial charge in [-0.2, -0.15) is 0 Å². The van der Waals surface area contributed by atoms with E-state index in [2.05, 4.69) is 179 Å². The van der Waals surface area contributed by atoms with Gasteiger partial charge in [0, 0.05) is 38.5 Å². The summed E-state index contributed by atoms with van der Waals surface area (Å²) in [5.74, 6) is 0. The number of fused-ring (bicyclic) bond motifs is 17. The molecule has 2 nitrogen and oxygen atoms in total. The topological polar surface area (TPSA) is 9.86 Å². The van der Waals surface area contributed by atoms with Crippen molar-refractivity contribution in [1.29, 1.82) is 0 Å². The van der Waals surface area contributed by atoms with E-state index in [9.17, 15) is 0 Å². The van der Waals surface area contributed by atoms with Crippen molar-refractivity contribution in [2.75, 3.05) is 0 Å². The van der Waals surface area contributed by atoms with Crippen LogP contribution in [0.15, 0.2) is 170 Å². The molecule has 0 atom stereocenters. The molecule has 0 saturated heterocycles. The second kappa shape index (κ2) is 9.87. The maximum atomic E-state index is 2.58. The van der Waals surface area contributed by atoms with E-state index in [1.807, 2.05) is 0 Å². The smallest absolute Gasteiger partial charge is 0.0746 e. The first-order valence-electron chi connectivity index (χ1n) is 18.1. The quantitative estimate of drug-likeness (QED) is 0.177. The highest BCUT2D eigenvalue weighted by Crippen LogP contribution is 2.64. The highest BCUT2D eigenvalue weighted by molar-refractivity contribution is 6.16. The molecule has 0 fully saturated rings. The number of benzene rings is 7. The normalized spacial score (nSPS) is 15.1. The van der Waals surface area contributed by atoms with Gasteiger partial charge in [0.2, 0.25) is 0 Å². The zero-order chi connectivity index (χ0) is 33.3. The van der Waals surface area contributed by atoms with Crippen LogP contribution < -0.4 is 0 Å². The minimum Gasteiger partial charge on any atom is -0.310 e. The number of hydrogen-bond donors (Lipinski definition) is 0. The molecule has 0 radical (unpaired) electrons. The molecule has 0 aliphatic heterocycles. The van der Waals surface area contributed by atoms with E-state index in [0.717, 1.165) is 12.8 Å². The lowest BCUT2D eigenvalue weighted by atomic mass is 9.70. The Morgan fingerprint density at radius 2 is 1.00 bits per heavy atom. The predicted molar refractivity (Wildman–Crippen MR) is 213 cm³/mol.